The van der Waals surface area contributed by atoms with E-state index in [0.717, 1.165) is 23.2 Å². The number of halogens is 1. The molecule has 1 aromatic rings. The topological polar surface area (TPSA) is 29.3 Å². The quantitative estimate of drug-likeness (QED) is 0.805. The SMILES string of the molecule is CC1CN(c2ccc(N)cc2Br)CCS1. The monoisotopic (exact) mass is 286 g/mol. The van der Waals surface area contributed by atoms with Gasteiger partial charge in [-0.2, -0.15) is 11.8 Å². The van der Waals surface area contributed by atoms with Crippen molar-refractivity contribution in [2.45, 2.75) is 12.2 Å². The fourth-order valence-electron chi connectivity index (χ4n) is 1.82. The number of hydrogen-bond donors (Lipinski definition) is 1. The zero-order valence-corrected chi connectivity index (χ0v) is 11.1. The molecule has 0 amide bonds. The molecule has 2 nitrogen and oxygen atoms in total. The van der Waals surface area contributed by atoms with Gasteiger partial charge in [0.05, 0.1) is 5.69 Å². The molecule has 2 N–H and O–H groups in total. The van der Waals surface area contributed by atoms with Crippen LogP contribution in [0.15, 0.2) is 22.7 Å². The molecule has 0 saturated carbocycles. The van der Waals surface area contributed by atoms with Crippen LogP contribution in [0.1, 0.15) is 6.92 Å². The van der Waals surface area contributed by atoms with Crippen LogP contribution in [0.2, 0.25) is 0 Å². The molecule has 2 rings (SSSR count). The molecule has 1 fully saturated rings. The Morgan fingerprint density at radius 3 is 3.00 bits per heavy atom. The van der Waals surface area contributed by atoms with Crippen LogP contribution in [-0.4, -0.2) is 24.1 Å². The van der Waals surface area contributed by atoms with Crippen LogP contribution in [0, 0.1) is 0 Å². The predicted octanol–water partition coefficient (Wildman–Crippen LogP) is 2.97. The van der Waals surface area contributed by atoms with Crippen LogP contribution in [0.3, 0.4) is 0 Å². The summed E-state index contributed by atoms with van der Waals surface area (Å²) in [5.74, 6) is 1.21. The van der Waals surface area contributed by atoms with Crippen LogP contribution in [0.5, 0.6) is 0 Å². The van der Waals surface area contributed by atoms with E-state index >= 15 is 0 Å². The maximum atomic E-state index is 5.73. The first kappa shape index (κ1) is 11.1. The van der Waals surface area contributed by atoms with Gasteiger partial charge < -0.3 is 10.6 Å². The predicted molar refractivity (Wildman–Crippen MR) is 72.7 cm³/mol. The summed E-state index contributed by atoms with van der Waals surface area (Å²) in [6.07, 6.45) is 0. The zero-order chi connectivity index (χ0) is 10.8. The Bertz CT molecular complexity index is 356. The highest BCUT2D eigenvalue weighted by Crippen LogP contribution is 2.31. The van der Waals surface area contributed by atoms with Gasteiger partial charge in [-0.05, 0) is 34.1 Å². The van der Waals surface area contributed by atoms with E-state index in [1.807, 2.05) is 23.9 Å². The lowest BCUT2D eigenvalue weighted by Gasteiger charge is -2.33. The summed E-state index contributed by atoms with van der Waals surface area (Å²) in [5.41, 5.74) is 7.80. The average Bonchev–Trinajstić information content (AvgIpc) is 2.17. The Morgan fingerprint density at radius 1 is 1.53 bits per heavy atom. The standard InChI is InChI=1S/C11H15BrN2S/c1-8-7-14(4-5-15-8)11-3-2-9(13)6-10(11)12/h2-3,6,8H,4-5,7,13H2,1H3. The molecule has 0 spiro atoms. The van der Waals surface area contributed by atoms with Gasteiger partial charge in [-0.25, -0.2) is 0 Å². The Morgan fingerprint density at radius 2 is 2.33 bits per heavy atom. The third-order valence-electron chi connectivity index (χ3n) is 2.55. The van der Waals surface area contributed by atoms with Crippen LogP contribution in [0.25, 0.3) is 0 Å². The number of anilines is 2. The smallest absolute Gasteiger partial charge is 0.0512 e. The molecule has 0 radical (unpaired) electrons. The van der Waals surface area contributed by atoms with Crippen LogP contribution >= 0.6 is 27.7 Å². The Labute approximate surface area is 103 Å². The van der Waals surface area contributed by atoms with E-state index in [1.165, 1.54) is 11.4 Å². The maximum absolute atomic E-state index is 5.73. The average molecular weight is 287 g/mol. The number of nitrogens with two attached hydrogens (primary N) is 1. The summed E-state index contributed by atoms with van der Waals surface area (Å²) in [6, 6.07) is 6.04. The third-order valence-corrected chi connectivity index (χ3v) is 4.33. The molecule has 4 heteroatoms. The van der Waals surface area contributed by atoms with Gasteiger partial charge in [0.15, 0.2) is 0 Å². The third kappa shape index (κ3) is 2.61. The fourth-order valence-corrected chi connectivity index (χ4v) is 3.48. The zero-order valence-electron chi connectivity index (χ0n) is 8.74. The number of nitrogen functional groups attached to an aromatic ring is 1. The van der Waals surface area contributed by atoms with E-state index in [4.69, 9.17) is 5.73 Å². The molecule has 0 aliphatic carbocycles. The van der Waals surface area contributed by atoms with Crippen molar-refractivity contribution in [3.05, 3.63) is 22.7 Å². The summed E-state index contributed by atoms with van der Waals surface area (Å²) in [6.45, 7) is 4.52. The van der Waals surface area contributed by atoms with Gasteiger partial charge in [-0.1, -0.05) is 6.92 Å². The Hall–Kier alpha value is -0.350. The first-order valence-corrected chi connectivity index (χ1v) is 6.92. The van der Waals surface area contributed by atoms with Gasteiger partial charge in [-0.3, -0.25) is 0 Å². The molecule has 0 bridgehead atoms. The van der Waals surface area contributed by atoms with E-state index in [2.05, 4.69) is 33.8 Å². The molecule has 1 aromatic carbocycles. The first-order chi connectivity index (χ1) is 7.16. The van der Waals surface area contributed by atoms with E-state index < -0.39 is 0 Å². The minimum Gasteiger partial charge on any atom is -0.399 e. The van der Waals surface area contributed by atoms with E-state index in [0.29, 0.717) is 5.25 Å². The van der Waals surface area contributed by atoms with E-state index in [1.54, 1.807) is 0 Å². The summed E-state index contributed by atoms with van der Waals surface area (Å²) in [5, 5.41) is 0.711. The Kier molecular flexibility index (Phi) is 3.46. The van der Waals surface area contributed by atoms with Crippen molar-refractivity contribution in [2.75, 3.05) is 29.5 Å². The second kappa shape index (κ2) is 4.66. The number of rotatable bonds is 1. The number of thioether (sulfide) groups is 1. The highest BCUT2D eigenvalue weighted by molar-refractivity contribution is 9.10. The second-order valence-corrected chi connectivity index (χ2v) is 6.24. The maximum Gasteiger partial charge on any atom is 0.0512 e. The molecule has 0 aromatic heterocycles. The lowest BCUT2D eigenvalue weighted by Crippen LogP contribution is -2.36. The number of hydrogen-bond acceptors (Lipinski definition) is 3. The molecular weight excluding hydrogens is 272 g/mol. The number of benzene rings is 1. The molecule has 1 aliphatic rings. The number of nitrogens with zero attached hydrogens (tertiary/aromatic N) is 1. The Balaban J connectivity index is 2.21. The molecule has 82 valence electrons. The van der Waals surface area contributed by atoms with Gasteiger partial charge in [-0.15, -0.1) is 0 Å². The van der Waals surface area contributed by atoms with Gasteiger partial charge in [0.25, 0.3) is 0 Å². The normalized spacial score (nSPS) is 21.7. The van der Waals surface area contributed by atoms with Gasteiger partial charge in [0.1, 0.15) is 0 Å². The minimum absolute atomic E-state index is 0.711. The van der Waals surface area contributed by atoms with Crippen molar-refractivity contribution in [1.29, 1.82) is 0 Å². The summed E-state index contributed by atoms with van der Waals surface area (Å²) in [4.78, 5) is 2.42. The van der Waals surface area contributed by atoms with Gasteiger partial charge in [0, 0.05) is 34.3 Å². The first-order valence-electron chi connectivity index (χ1n) is 5.08. The fraction of sp³-hybridized carbons (Fsp3) is 0.455. The van der Waals surface area contributed by atoms with E-state index in [9.17, 15) is 0 Å². The lowest BCUT2D eigenvalue weighted by atomic mass is 10.2. The summed E-state index contributed by atoms with van der Waals surface area (Å²) >= 11 is 5.62. The van der Waals surface area contributed by atoms with Gasteiger partial charge >= 0.3 is 0 Å². The largest absolute Gasteiger partial charge is 0.399 e. The van der Waals surface area contributed by atoms with Crippen molar-refractivity contribution in [1.82, 2.24) is 0 Å². The molecule has 1 heterocycles. The summed E-state index contributed by atoms with van der Waals surface area (Å²) in [7, 11) is 0. The molecule has 1 unspecified atom stereocenters. The minimum atomic E-state index is 0.711. The van der Waals surface area contributed by atoms with Crippen molar-refractivity contribution < 1.29 is 0 Å². The van der Waals surface area contributed by atoms with Crippen LogP contribution < -0.4 is 10.6 Å². The van der Waals surface area contributed by atoms with Crippen molar-refractivity contribution in [3.8, 4) is 0 Å². The van der Waals surface area contributed by atoms with Crippen LogP contribution in [-0.2, 0) is 0 Å². The second-order valence-electron chi connectivity index (χ2n) is 3.84. The van der Waals surface area contributed by atoms with E-state index in [-0.39, 0.29) is 0 Å². The molecule has 1 aliphatic heterocycles. The highest BCUT2D eigenvalue weighted by atomic mass is 79.9. The lowest BCUT2D eigenvalue weighted by molar-refractivity contribution is 0.781. The molecule has 15 heavy (non-hydrogen) atoms. The van der Waals surface area contributed by atoms with Crippen molar-refractivity contribution in [3.63, 3.8) is 0 Å². The van der Waals surface area contributed by atoms with Crippen LogP contribution in [0.4, 0.5) is 11.4 Å². The molecular formula is C11H15BrN2S. The van der Waals surface area contributed by atoms with Gasteiger partial charge in [0.2, 0.25) is 0 Å². The molecule has 1 saturated heterocycles. The van der Waals surface area contributed by atoms with Crippen molar-refractivity contribution >= 4 is 39.1 Å². The molecule has 1 atom stereocenters. The van der Waals surface area contributed by atoms with Crippen molar-refractivity contribution in [2.24, 2.45) is 0 Å². The summed E-state index contributed by atoms with van der Waals surface area (Å²) < 4.78 is 1.10. The highest BCUT2D eigenvalue weighted by Gasteiger charge is 2.18.